The van der Waals surface area contributed by atoms with Crippen molar-refractivity contribution in [2.45, 2.75) is 0 Å². The number of hydrogen-bond donors (Lipinski definition) is 1. The van der Waals surface area contributed by atoms with E-state index in [2.05, 4.69) is 15.1 Å². The number of nitrogens with zero attached hydrogens (tertiary/aromatic N) is 4. The summed E-state index contributed by atoms with van der Waals surface area (Å²) < 4.78 is 1.80. The van der Waals surface area contributed by atoms with E-state index in [-0.39, 0.29) is 0 Å². The average molecular weight is 261 g/mol. The van der Waals surface area contributed by atoms with Gasteiger partial charge in [-0.15, -0.1) is 0 Å². The van der Waals surface area contributed by atoms with Gasteiger partial charge in [-0.05, 0) is 30.3 Å². The molecule has 20 heavy (non-hydrogen) atoms. The first-order chi connectivity index (χ1) is 9.83. The van der Waals surface area contributed by atoms with Crippen molar-refractivity contribution in [2.24, 2.45) is 0 Å². The Kier molecular flexibility index (Phi) is 2.20. The van der Waals surface area contributed by atoms with Crippen LogP contribution in [0.15, 0.2) is 55.0 Å². The number of nitrogens with two attached hydrogens (primary N) is 1. The third-order valence-corrected chi connectivity index (χ3v) is 3.32. The van der Waals surface area contributed by atoms with Crippen LogP contribution in [-0.4, -0.2) is 19.7 Å². The van der Waals surface area contributed by atoms with E-state index < -0.39 is 0 Å². The summed E-state index contributed by atoms with van der Waals surface area (Å²) in [7, 11) is 0. The molecule has 2 heterocycles. The van der Waals surface area contributed by atoms with Crippen molar-refractivity contribution >= 4 is 27.5 Å². The Morgan fingerprint density at radius 2 is 1.90 bits per heavy atom. The second-order valence-electron chi connectivity index (χ2n) is 4.59. The van der Waals surface area contributed by atoms with E-state index in [0.29, 0.717) is 5.69 Å². The lowest BCUT2D eigenvalue weighted by Crippen LogP contribution is -2.01. The molecule has 0 unspecified atom stereocenters. The van der Waals surface area contributed by atoms with Gasteiger partial charge < -0.3 is 5.73 Å². The summed E-state index contributed by atoms with van der Waals surface area (Å²) in [5.41, 5.74) is 8.41. The molecule has 0 aliphatic heterocycles. The highest BCUT2D eigenvalue weighted by molar-refractivity contribution is 5.89. The van der Waals surface area contributed by atoms with E-state index in [0.717, 1.165) is 27.6 Å². The summed E-state index contributed by atoms with van der Waals surface area (Å²) in [6.07, 6.45) is 3.36. The van der Waals surface area contributed by atoms with Gasteiger partial charge in [0.15, 0.2) is 5.82 Å². The average Bonchev–Trinajstić information content (AvgIpc) is 2.89. The van der Waals surface area contributed by atoms with E-state index in [1.54, 1.807) is 11.0 Å². The fraction of sp³-hybridized carbons (Fsp3) is 0. The Morgan fingerprint density at radius 3 is 2.85 bits per heavy atom. The van der Waals surface area contributed by atoms with Crippen molar-refractivity contribution in [3.05, 3.63) is 55.0 Å². The number of rotatable bonds is 1. The Balaban J connectivity index is 2.09. The normalized spacial score (nSPS) is 11.2. The Morgan fingerprint density at radius 1 is 1.00 bits per heavy atom. The topological polar surface area (TPSA) is 69.6 Å². The largest absolute Gasteiger partial charge is 0.399 e. The molecule has 4 aromatic rings. The smallest absolute Gasteiger partial charge is 0.165 e. The molecule has 0 atom stereocenters. The minimum absolute atomic E-state index is 0.706. The van der Waals surface area contributed by atoms with Crippen molar-refractivity contribution in [1.29, 1.82) is 0 Å². The van der Waals surface area contributed by atoms with Crippen molar-refractivity contribution in [2.75, 3.05) is 5.73 Å². The Bertz CT molecular complexity index is 921. The van der Waals surface area contributed by atoms with E-state index in [1.807, 2.05) is 48.7 Å². The molecule has 96 valence electrons. The van der Waals surface area contributed by atoms with E-state index in [4.69, 9.17) is 5.73 Å². The Hall–Kier alpha value is -2.95. The van der Waals surface area contributed by atoms with Crippen molar-refractivity contribution in [3.8, 4) is 5.82 Å². The maximum atomic E-state index is 5.87. The molecule has 2 aromatic carbocycles. The quantitative estimate of drug-likeness (QED) is 0.534. The van der Waals surface area contributed by atoms with Gasteiger partial charge in [0, 0.05) is 16.5 Å². The first-order valence-corrected chi connectivity index (χ1v) is 6.26. The zero-order chi connectivity index (χ0) is 13.5. The molecule has 0 saturated carbocycles. The number of fused-ring (bicyclic) bond motifs is 2. The zero-order valence-electron chi connectivity index (χ0n) is 10.6. The minimum atomic E-state index is 0.706. The summed E-state index contributed by atoms with van der Waals surface area (Å²) in [4.78, 5) is 8.65. The van der Waals surface area contributed by atoms with Gasteiger partial charge >= 0.3 is 0 Å². The molecule has 5 heteroatoms. The van der Waals surface area contributed by atoms with Gasteiger partial charge in [-0.1, -0.05) is 12.1 Å². The van der Waals surface area contributed by atoms with Gasteiger partial charge in [0.1, 0.15) is 6.33 Å². The molecule has 0 radical (unpaired) electrons. The van der Waals surface area contributed by atoms with Gasteiger partial charge in [-0.3, -0.25) is 0 Å². The van der Waals surface area contributed by atoms with Crippen LogP contribution in [0.4, 0.5) is 5.69 Å². The molecule has 2 N–H and O–H groups in total. The van der Waals surface area contributed by atoms with Gasteiger partial charge in [0.25, 0.3) is 0 Å². The number of anilines is 1. The highest BCUT2D eigenvalue weighted by Crippen LogP contribution is 2.23. The number of benzene rings is 2. The molecular formula is C15H11N5. The van der Waals surface area contributed by atoms with Crippen LogP contribution in [-0.2, 0) is 0 Å². The zero-order valence-corrected chi connectivity index (χ0v) is 10.6. The molecule has 0 aliphatic rings. The SMILES string of the molecule is Nc1ccc2cnn(-c3ncnc4ccccc34)c2c1. The maximum absolute atomic E-state index is 5.87. The van der Waals surface area contributed by atoms with Crippen LogP contribution < -0.4 is 5.73 Å². The Labute approximate surface area is 114 Å². The predicted octanol–water partition coefficient (Wildman–Crippen LogP) is 2.55. The summed E-state index contributed by atoms with van der Waals surface area (Å²) in [5.74, 6) is 0.760. The third kappa shape index (κ3) is 1.53. The monoisotopic (exact) mass is 261 g/mol. The van der Waals surface area contributed by atoms with Crippen LogP contribution >= 0.6 is 0 Å². The van der Waals surface area contributed by atoms with E-state index in [9.17, 15) is 0 Å². The molecule has 2 aromatic heterocycles. The van der Waals surface area contributed by atoms with Crippen LogP contribution in [0.3, 0.4) is 0 Å². The standard InChI is InChI=1S/C15H11N5/c16-11-6-5-10-8-19-20(14(10)7-11)15-12-3-1-2-4-13(12)17-9-18-15/h1-9H,16H2. The molecule has 0 fully saturated rings. The summed E-state index contributed by atoms with van der Waals surface area (Å²) in [6.45, 7) is 0. The molecule has 5 nitrogen and oxygen atoms in total. The number of hydrogen-bond acceptors (Lipinski definition) is 4. The fourth-order valence-corrected chi connectivity index (χ4v) is 2.36. The highest BCUT2D eigenvalue weighted by Gasteiger charge is 2.10. The predicted molar refractivity (Wildman–Crippen MR) is 78.6 cm³/mol. The van der Waals surface area contributed by atoms with Crippen LogP contribution in [0.1, 0.15) is 0 Å². The molecular weight excluding hydrogens is 250 g/mol. The van der Waals surface area contributed by atoms with Gasteiger partial charge in [-0.2, -0.15) is 5.10 Å². The summed E-state index contributed by atoms with van der Waals surface area (Å²) in [5, 5.41) is 6.42. The van der Waals surface area contributed by atoms with Gasteiger partial charge in [0.2, 0.25) is 0 Å². The van der Waals surface area contributed by atoms with Crippen LogP contribution in [0.5, 0.6) is 0 Å². The van der Waals surface area contributed by atoms with Crippen molar-refractivity contribution < 1.29 is 0 Å². The lowest BCUT2D eigenvalue weighted by Gasteiger charge is -2.06. The third-order valence-electron chi connectivity index (χ3n) is 3.32. The van der Waals surface area contributed by atoms with E-state index >= 15 is 0 Å². The number of para-hydroxylation sites is 1. The van der Waals surface area contributed by atoms with Crippen molar-refractivity contribution in [1.82, 2.24) is 19.7 Å². The number of aromatic nitrogens is 4. The van der Waals surface area contributed by atoms with Crippen LogP contribution in [0.2, 0.25) is 0 Å². The summed E-state index contributed by atoms with van der Waals surface area (Å²) in [6, 6.07) is 13.6. The minimum Gasteiger partial charge on any atom is -0.399 e. The molecule has 0 amide bonds. The lowest BCUT2D eigenvalue weighted by atomic mass is 10.2. The number of nitrogen functional groups attached to an aromatic ring is 1. The van der Waals surface area contributed by atoms with Crippen LogP contribution in [0.25, 0.3) is 27.6 Å². The maximum Gasteiger partial charge on any atom is 0.165 e. The molecule has 0 saturated heterocycles. The first-order valence-electron chi connectivity index (χ1n) is 6.26. The fourth-order valence-electron chi connectivity index (χ4n) is 2.36. The first kappa shape index (κ1) is 10.9. The second kappa shape index (κ2) is 4.03. The second-order valence-corrected chi connectivity index (χ2v) is 4.59. The highest BCUT2D eigenvalue weighted by atomic mass is 15.3. The van der Waals surface area contributed by atoms with Crippen LogP contribution in [0, 0.1) is 0 Å². The summed E-state index contributed by atoms with van der Waals surface area (Å²) >= 11 is 0. The van der Waals surface area contributed by atoms with Crippen molar-refractivity contribution in [3.63, 3.8) is 0 Å². The molecule has 0 spiro atoms. The molecule has 0 bridgehead atoms. The molecule has 0 aliphatic carbocycles. The molecule has 4 rings (SSSR count). The van der Waals surface area contributed by atoms with Gasteiger partial charge in [-0.25, -0.2) is 14.6 Å². The van der Waals surface area contributed by atoms with Gasteiger partial charge in [0.05, 0.1) is 17.2 Å². The lowest BCUT2D eigenvalue weighted by molar-refractivity contribution is 0.878. The van der Waals surface area contributed by atoms with E-state index in [1.165, 1.54) is 0 Å².